The van der Waals surface area contributed by atoms with E-state index in [1.54, 1.807) is 6.26 Å². The first kappa shape index (κ1) is 7.68. The highest BCUT2D eigenvalue weighted by atomic mass is 16.6. The molecule has 3 heteroatoms. The Morgan fingerprint density at radius 2 is 2.58 bits per heavy atom. The van der Waals surface area contributed by atoms with E-state index in [0.717, 1.165) is 25.1 Å². The summed E-state index contributed by atoms with van der Waals surface area (Å²) in [6.45, 7) is 3.96. The van der Waals surface area contributed by atoms with Crippen molar-refractivity contribution in [3.05, 3.63) is 17.9 Å². The molecule has 0 aromatic carbocycles. The molecule has 1 aromatic rings. The van der Waals surface area contributed by atoms with E-state index < -0.39 is 0 Å². The second-order valence-electron chi connectivity index (χ2n) is 3.12. The molecule has 2 heterocycles. The Bertz CT molecular complexity index is 251. The van der Waals surface area contributed by atoms with Gasteiger partial charge < -0.3 is 14.5 Å². The van der Waals surface area contributed by atoms with Gasteiger partial charge in [0, 0.05) is 12.1 Å². The van der Waals surface area contributed by atoms with E-state index in [1.165, 1.54) is 0 Å². The van der Waals surface area contributed by atoms with Gasteiger partial charge >= 0.3 is 0 Å². The minimum absolute atomic E-state index is 0.287. The summed E-state index contributed by atoms with van der Waals surface area (Å²) in [5.74, 6) is 0.670. The zero-order valence-electron chi connectivity index (χ0n) is 7.17. The van der Waals surface area contributed by atoms with Crippen molar-refractivity contribution in [3.63, 3.8) is 0 Å². The van der Waals surface area contributed by atoms with Gasteiger partial charge in [0.15, 0.2) is 0 Å². The van der Waals surface area contributed by atoms with Crippen LogP contribution in [0.15, 0.2) is 16.7 Å². The molecule has 1 aliphatic rings. The summed E-state index contributed by atoms with van der Waals surface area (Å²) >= 11 is 0. The predicted molar refractivity (Wildman–Crippen MR) is 45.3 cm³/mol. The van der Waals surface area contributed by atoms with Crippen molar-refractivity contribution in [1.29, 1.82) is 0 Å². The van der Waals surface area contributed by atoms with Crippen LogP contribution in [-0.2, 0) is 0 Å². The second kappa shape index (κ2) is 3.19. The highest BCUT2D eigenvalue weighted by Gasteiger charge is 2.17. The van der Waals surface area contributed by atoms with Crippen LogP contribution >= 0.6 is 0 Å². The molecule has 3 nitrogen and oxygen atoms in total. The Morgan fingerprint density at radius 1 is 1.67 bits per heavy atom. The Labute approximate surface area is 71.7 Å². The molecule has 1 unspecified atom stereocenters. The molecule has 1 atom stereocenters. The molecule has 1 aliphatic heterocycles. The number of furan rings is 1. The molecule has 2 rings (SSSR count). The molecular weight excluding hydrogens is 154 g/mol. The first-order valence-electron chi connectivity index (χ1n) is 4.28. The lowest BCUT2D eigenvalue weighted by atomic mass is 10.3. The largest absolute Gasteiger partial charge is 0.460 e. The summed E-state index contributed by atoms with van der Waals surface area (Å²) in [7, 11) is 0. The zero-order valence-corrected chi connectivity index (χ0v) is 7.17. The first-order chi connectivity index (χ1) is 5.86. The maximum absolute atomic E-state index is 5.62. The van der Waals surface area contributed by atoms with Crippen molar-refractivity contribution in [3.8, 4) is 5.95 Å². The van der Waals surface area contributed by atoms with Crippen molar-refractivity contribution < 1.29 is 9.15 Å². The monoisotopic (exact) mass is 167 g/mol. The number of aryl methyl sites for hydroxylation is 1. The number of rotatable bonds is 2. The maximum Gasteiger partial charge on any atom is 0.287 e. The number of ether oxygens (including phenoxy) is 1. The van der Waals surface area contributed by atoms with Gasteiger partial charge in [-0.1, -0.05) is 0 Å². The van der Waals surface area contributed by atoms with Gasteiger partial charge in [0.2, 0.25) is 0 Å². The smallest absolute Gasteiger partial charge is 0.287 e. The molecule has 1 fully saturated rings. The van der Waals surface area contributed by atoms with Gasteiger partial charge in [0.25, 0.3) is 5.95 Å². The highest BCUT2D eigenvalue weighted by molar-refractivity contribution is 5.20. The van der Waals surface area contributed by atoms with Crippen LogP contribution < -0.4 is 10.1 Å². The quantitative estimate of drug-likeness (QED) is 0.721. The summed E-state index contributed by atoms with van der Waals surface area (Å²) in [5.41, 5.74) is 1.07. The van der Waals surface area contributed by atoms with Gasteiger partial charge in [-0.2, -0.15) is 0 Å². The molecule has 0 radical (unpaired) electrons. The summed E-state index contributed by atoms with van der Waals surface area (Å²) < 4.78 is 10.8. The predicted octanol–water partition coefficient (Wildman–Crippen LogP) is 1.33. The third-order valence-corrected chi connectivity index (χ3v) is 2.10. The molecule has 0 bridgehead atoms. The molecule has 0 spiro atoms. The maximum atomic E-state index is 5.62. The van der Waals surface area contributed by atoms with Gasteiger partial charge in [-0.3, -0.25) is 0 Å². The molecule has 0 aliphatic carbocycles. The Balaban J connectivity index is 1.98. The van der Waals surface area contributed by atoms with Crippen LogP contribution in [0.5, 0.6) is 5.95 Å². The Hall–Kier alpha value is -0.960. The van der Waals surface area contributed by atoms with Crippen molar-refractivity contribution in [1.82, 2.24) is 5.32 Å². The van der Waals surface area contributed by atoms with Crippen LogP contribution in [0.4, 0.5) is 0 Å². The molecule has 1 aromatic heterocycles. The molecule has 1 saturated heterocycles. The van der Waals surface area contributed by atoms with Crippen LogP contribution in [0, 0.1) is 6.92 Å². The minimum atomic E-state index is 0.287. The standard InChI is InChI=1S/C9H13NO2/c1-7-3-5-11-9(7)12-8-2-4-10-6-8/h3,5,8,10H,2,4,6H2,1H3. The lowest BCUT2D eigenvalue weighted by Crippen LogP contribution is -2.19. The van der Waals surface area contributed by atoms with Crippen molar-refractivity contribution in [2.45, 2.75) is 19.4 Å². The fourth-order valence-corrected chi connectivity index (χ4v) is 1.36. The molecule has 0 saturated carbocycles. The number of hydrogen-bond acceptors (Lipinski definition) is 3. The van der Waals surface area contributed by atoms with E-state index in [9.17, 15) is 0 Å². The minimum Gasteiger partial charge on any atom is -0.460 e. The van der Waals surface area contributed by atoms with Gasteiger partial charge in [-0.05, 0) is 26.0 Å². The van der Waals surface area contributed by atoms with E-state index in [0.29, 0.717) is 5.95 Å². The van der Waals surface area contributed by atoms with Crippen LogP contribution in [0.3, 0.4) is 0 Å². The summed E-state index contributed by atoms with van der Waals surface area (Å²) in [6, 6.07) is 1.91. The number of nitrogens with one attached hydrogen (secondary N) is 1. The summed E-state index contributed by atoms with van der Waals surface area (Å²) in [5, 5.41) is 3.24. The van der Waals surface area contributed by atoms with E-state index >= 15 is 0 Å². The van der Waals surface area contributed by atoms with Gasteiger partial charge in [0.1, 0.15) is 6.10 Å². The molecule has 0 amide bonds. The van der Waals surface area contributed by atoms with Gasteiger partial charge in [0.05, 0.1) is 6.26 Å². The van der Waals surface area contributed by atoms with E-state index in [4.69, 9.17) is 9.15 Å². The SMILES string of the molecule is Cc1ccoc1OC1CCNC1. The van der Waals surface area contributed by atoms with Crippen molar-refractivity contribution in [2.24, 2.45) is 0 Å². The lowest BCUT2D eigenvalue weighted by Gasteiger charge is -2.09. The Morgan fingerprint density at radius 3 is 3.17 bits per heavy atom. The van der Waals surface area contributed by atoms with Gasteiger partial charge in [-0.25, -0.2) is 0 Å². The van der Waals surface area contributed by atoms with E-state index in [-0.39, 0.29) is 6.10 Å². The third-order valence-electron chi connectivity index (χ3n) is 2.10. The van der Waals surface area contributed by atoms with Crippen LogP contribution in [0.25, 0.3) is 0 Å². The fraction of sp³-hybridized carbons (Fsp3) is 0.556. The van der Waals surface area contributed by atoms with E-state index in [1.807, 2.05) is 13.0 Å². The van der Waals surface area contributed by atoms with Crippen LogP contribution in [0.1, 0.15) is 12.0 Å². The molecule has 66 valence electrons. The first-order valence-corrected chi connectivity index (χ1v) is 4.28. The normalized spacial score (nSPS) is 22.9. The van der Waals surface area contributed by atoms with Crippen LogP contribution in [0.2, 0.25) is 0 Å². The van der Waals surface area contributed by atoms with Crippen molar-refractivity contribution >= 4 is 0 Å². The van der Waals surface area contributed by atoms with E-state index in [2.05, 4.69) is 5.32 Å². The van der Waals surface area contributed by atoms with Crippen LogP contribution in [-0.4, -0.2) is 19.2 Å². The molecule has 1 N–H and O–H groups in total. The summed E-state index contributed by atoms with van der Waals surface area (Å²) in [6.07, 6.45) is 3.02. The highest BCUT2D eigenvalue weighted by Crippen LogP contribution is 2.20. The topological polar surface area (TPSA) is 34.4 Å². The average Bonchev–Trinajstić information content (AvgIpc) is 2.65. The summed E-state index contributed by atoms with van der Waals surface area (Å²) in [4.78, 5) is 0. The molecular formula is C9H13NO2. The second-order valence-corrected chi connectivity index (χ2v) is 3.12. The lowest BCUT2D eigenvalue weighted by molar-refractivity contribution is 0.170. The average molecular weight is 167 g/mol. The zero-order chi connectivity index (χ0) is 8.39. The van der Waals surface area contributed by atoms with Gasteiger partial charge in [-0.15, -0.1) is 0 Å². The third kappa shape index (κ3) is 1.46. The Kier molecular flexibility index (Phi) is 2.04. The number of hydrogen-bond donors (Lipinski definition) is 1. The fourth-order valence-electron chi connectivity index (χ4n) is 1.36. The molecule has 12 heavy (non-hydrogen) atoms. The van der Waals surface area contributed by atoms with Crippen molar-refractivity contribution in [2.75, 3.05) is 13.1 Å².